The van der Waals surface area contributed by atoms with Crippen LogP contribution in [0.2, 0.25) is 0 Å². The fourth-order valence-corrected chi connectivity index (χ4v) is 5.40. The van der Waals surface area contributed by atoms with E-state index in [1.165, 1.54) is 0 Å². The van der Waals surface area contributed by atoms with Crippen LogP contribution in [0.3, 0.4) is 0 Å². The van der Waals surface area contributed by atoms with Crippen LogP contribution in [0.4, 0.5) is 0 Å². The number of aliphatic carboxylic acids is 1. The van der Waals surface area contributed by atoms with Gasteiger partial charge in [-0.05, 0) is 37.0 Å². The first-order valence-corrected chi connectivity index (χ1v) is 8.64. The second-order valence-electron chi connectivity index (χ2n) is 6.05. The zero-order valence-electron chi connectivity index (χ0n) is 10.8. The van der Waals surface area contributed by atoms with E-state index in [2.05, 4.69) is 6.92 Å². The lowest BCUT2D eigenvalue weighted by atomic mass is 9.71. The molecule has 0 amide bonds. The molecule has 104 valence electrons. The van der Waals surface area contributed by atoms with Crippen molar-refractivity contribution in [3.05, 3.63) is 0 Å². The summed E-state index contributed by atoms with van der Waals surface area (Å²) in [6.07, 6.45) is 4.57. The Morgan fingerprint density at radius 3 is 2.17 bits per heavy atom. The van der Waals surface area contributed by atoms with Crippen molar-refractivity contribution in [2.45, 2.75) is 39.0 Å². The van der Waals surface area contributed by atoms with Gasteiger partial charge in [-0.25, -0.2) is 8.42 Å². The fourth-order valence-electron chi connectivity index (χ4n) is 3.54. The summed E-state index contributed by atoms with van der Waals surface area (Å²) in [7, 11) is -2.99. The summed E-state index contributed by atoms with van der Waals surface area (Å²) in [5, 5.41) is 9.43. The summed E-state index contributed by atoms with van der Waals surface area (Å²) < 4.78 is 23.0. The number of carboxylic acids is 1. The molecule has 4 nitrogen and oxygen atoms in total. The molecule has 0 aromatic heterocycles. The molecule has 1 heterocycles. The molecule has 1 saturated heterocycles. The van der Waals surface area contributed by atoms with Crippen LogP contribution in [0, 0.1) is 23.7 Å². The molecule has 0 spiro atoms. The average Bonchev–Trinajstić information content (AvgIpc) is 2.61. The Hall–Kier alpha value is -0.580. The summed E-state index contributed by atoms with van der Waals surface area (Å²) >= 11 is 0. The van der Waals surface area contributed by atoms with Gasteiger partial charge in [-0.15, -0.1) is 0 Å². The van der Waals surface area contributed by atoms with Gasteiger partial charge in [0.05, 0.1) is 17.4 Å². The SMILES string of the molecule is CC1CCC(C(C(=O)O)C2CCS(=O)(=O)C2)CC1. The highest BCUT2D eigenvalue weighted by molar-refractivity contribution is 7.91. The topological polar surface area (TPSA) is 71.4 Å². The average molecular weight is 274 g/mol. The first-order chi connectivity index (χ1) is 8.39. The predicted molar refractivity (Wildman–Crippen MR) is 69.0 cm³/mol. The quantitative estimate of drug-likeness (QED) is 0.854. The van der Waals surface area contributed by atoms with E-state index in [0.29, 0.717) is 12.3 Å². The number of carboxylic acid groups (broad SMARTS) is 1. The number of carbonyl (C=O) groups is 1. The molecule has 2 rings (SSSR count). The van der Waals surface area contributed by atoms with Crippen LogP contribution in [0.25, 0.3) is 0 Å². The van der Waals surface area contributed by atoms with E-state index >= 15 is 0 Å². The molecule has 1 aliphatic carbocycles. The molecule has 18 heavy (non-hydrogen) atoms. The van der Waals surface area contributed by atoms with Gasteiger partial charge in [0, 0.05) is 0 Å². The molecular formula is C13H22O4S. The van der Waals surface area contributed by atoms with Gasteiger partial charge in [-0.1, -0.05) is 19.8 Å². The van der Waals surface area contributed by atoms with Crippen molar-refractivity contribution in [3.8, 4) is 0 Å². The highest BCUT2D eigenvalue weighted by Gasteiger charge is 2.42. The summed E-state index contributed by atoms with van der Waals surface area (Å²) in [6.45, 7) is 2.20. The van der Waals surface area contributed by atoms with Crippen molar-refractivity contribution in [2.75, 3.05) is 11.5 Å². The second-order valence-corrected chi connectivity index (χ2v) is 8.28. The Labute approximate surface area is 109 Å². The summed E-state index contributed by atoms with van der Waals surface area (Å²) in [5.74, 6) is -0.294. The number of hydrogen-bond acceptors (Lipinski definition) is 3. The smallest absolute Gasteiger partial charge is 0.307 e. The molecule has 5 heteroatoms. The first kappa shape index (κ1) is 13.8. The van der Waals surface area contributed by atoms with Gasteiger partial charge < -0.3 is 5.11 Å². The third-order valence-electron chi connectivity index (χ3n) is 4.63. The van der Waals surface area contributed by atoms with Gasteiger partial charge in [0.2, 0.25) is 0 Å². The molecule has 0 aromatic carbocycles. The number of rotatable bonds is 3. The van der Waals surface area contributed by atoms with E-state index in [9.17, 15) is 18.3 Å². The van der Waals surface area contributed by atoms with Crippen molar-refractivity contribution in [1.29, 1.82) is 0 Å². The van der Waals surface area contributed by atoms with Gasteiger partial charge in [0.1, 0.15) is 0 Å². The normalized spacial score (nSPS) is 37.3. The van der Waals surface area contributed by atoms with Crippen LogP contribution < -0.4 is 0 Å². The monoisotopic (exact) mass is 274 g/mol. The highest BCUT2D eigenvalue weighted by Crippen LogP contribution is 2.39. The van der Waals surface area contributed by atoms with Crippen LogP contribution in [-0.2, 0) is 14.6 Å². The standard InChI is InChI=1S/C13H22O4S/c1-9-2-4-10(5-3-9)12(13(14)15)11-6-7-18(16,17)8-11/h9-12H,2-8H2,1H3,(H,14,15). The molecule has 2 aliphatic rings. The lowest BCUT2D eigenvalue weighted by Gasteiger charge is -2.33. The van der Waals surface area contributed by atoms with E-state index in [-0.39, 0.29) is 23.3 Å². The zero-order valence-corrected chi connectivity index (χ0v) is 11.7. The van der Waals surface area contributed by atoms with Crippen LogP contribution in [-0.4, -0.2) is 31.0 Å². The lowest BCUT2D eigenvalue weighted by Crippen LogP contribution is -2.33. The van der Waals surface area contributed by atoms with Gasteiger partial charge >= 0.3 is 5.97 Å². The molecule has 2 unspecified atom stereocenters. The van der Waals surface area contributed by atoms with E-state index in [0.717, 1.165) is 25.7 Å². The van der Waals surface area contributed by atoms with Crippen molar-refractivity contribution in [1.82, 2.24) is 0 Å². The zero-order chi connectivity index (χ0) is 13.3. The predicted octanol–water partition coefficient (Wildman–Crippen LogP) is 1.95. The summed E-state index contributed by atoms with van der Waals surface area (Å²) in [5.41, 5.74) is 0. The number of sulfone groups is 1. The third-order valence-corrected chi connectivity index (χ3v) is 6.42. The molecule has 2 fully saturated rings. The van der Waals surface area contributed by atoms with Crippen molar-refractivity contribution >= 4 is 15.8 Å². The van der Waals surface area contributed by atoms with Crippen LogP contribution in [0.5, 0.6) is 0 Å². The van der Waals surface area contributed by atoms with Crippen LogP contribution in [0.1, 0.15) is 39.0 Å². The van der Waals surface area contributed by atoms with Crippen molar-refractivity contribution < 1.29 is 18.3 Å². The highest BCUT2D eigenvalue weighted by atomic mass is 32.2. The maximum absolute atomic E-state index is 11.5. The Morgan fingerprint density at radius 1 is 1.11 bits per heavy atom. The maximum atomic E-state index is 11.5. The minimum Gasteiger partial charge on any atom is -0.481 e. The third kappa shape index (κ3) is 3.05. The number of hydrogen-bond donors (Lipinski definition) is 1. The molecule has 2 atom stereocenters. The van der Waals surface area contributed by atoms with E-state index in [1.807, 2.05) is 0 Å². The van der Waals surface area contributed by atoms with Gasteiger partial charge in [-0.2, -0.15) is 0 Å². The Bertz CT molecular complexity index is 407. The van der Waals surface area contributed by atoms with E-state index in [1.54, 1.807) is 0 Å². The molecule has 1 aliphatic heterocycles. The maximum Gasteiger partial charge on any atom is 0.307 e. The molecule has 1 N–H and O–H groups in total. The largest absolute Gasteiger partial charge is 0.481 e. The molecular weight excluding hydrogens is 252 g/mol. The van der Waals surface area contributed by atoms with Crippen molar-refractivity contribution in [3.63, 3.8) is 0 Å². The van der Waals surface area contributed by atoms with Gasteiger partial charge in [0.15, 0.2) is 9.84 Å². The van der Waals surface area contributed by atoms with E-state index in [4.69, 9.17) is 0 Å². The van der Waals surface area contributed by atoms with Gasteiger partial charge in [0.25, 0.3) is 0 Å². The van der Waals surface area contributed by atoms with Crippen molar-refractivity contribution in [2.24, 2.45) is 23.7 Å². The summed E-state index contributed by atoms with van der Waals surface area (Å²) in [4.78, 5) is 11.5. The molecule has 1 saturated carbocycles. The minimum absolute atomic E-state index is 0.0794. The molecule has 0 bridgehead atoms. The second kappa shape index (κ2) is 5.19. The Morgan fingerprint density at radius 2 is 1.72 bits per heavy atom. The fraction of sp³-hybridized carbons (Fsp3) is 0.923. The Kier molecular flexibility index (Phi) is 3.99. The van der Waals surface area contributed by atoms with E-state index < -0.39 is 21.7 Å². The first-order valence-electron chi connectivity index (χ1n) is 6.82. The molecule has 0 aromatic rings. The lowest BCUT2D eigenvalue weighted by molar-refractivity contribution is -0.146. The minimum atomic E-state index is -2.99. The Balaban J connectivity index is 2.07. The molecule has 0 radical (unpaired) electrons. The van der Waals surface area contributed by atoms with Crippen LogP contribution in [0.15, 0.2) is 0 Å². The van der Waals surface area contributed by atoms with Gasteiger partial charge in [-0.3, -0.25) is 4.79 Å². The van der Waals surface area contributed by atoms with Crippen LogP contribution >= 0.6 is 0 Å². The summed E-state index contributed by atoms with van der Waals surface area (Å²) in [6, 6.07) is 0.